The molecule has 2 nitrogen and oxygen atoms in total. The van der Waals surface area contributed by atoms with E-state index in [0.717, 1.165) is 10.3 Å². The second-order valence-electron chi connectivity index (χ2n) is 4.11. The van der Waals surface area contributed by atoms with Gasteiger partial charge in [-0.2, -0.15) is 0 Å². The molecule has 1 N–H and O–H groups in total. The monoisotopic (exact) mass is 246 g/mol. The van der Waals surface area contributed by atoms with Crippen molar-refractivity contribution in [2.45, 2.75) is 24.0 Å². The molecule has 3 heteroatoms. The minimum atomic E-state index is -0.779. The maximum atomic E-state index is 10.8. The van der Waals surface area contributed by atoms with E-state index in [2.05, 4.69) is 25.1 Å². The molecule has 2 aromatic carbocycles. The van der Waals surface area contributed by atoms with Crippen molar-refractivity contribution in [2.75, 3.05) is 0 Å². The summed E-state index contributed by atoms with van der Waals surface area (Å²) in [6, 6.07) is 12.3. The van der Waals surface area contributed by atoms with E-state index in [-0.39, 0.29) is 0 Å². The van der Waals surface area contributed by atoms with Gasteiger partial charge in [-0.05, 0) is 36.8 Å². The fraction of sp³-hybridized carbons (Fsp3) is 0.214. The van der Waals surface area contributed by atoms with Gasteiger partial charge in [0.2, 0.25) is 0 Å². The molecule has 2 aromatic rings. The van der Waals surface area contributed by atoms with E-state index in [4.69, 9.17) is 5.11 Å². The first-order valence-corrected chi connectivity index (χ1v) is 6.34. The maximum absolute atomic E-state index is 10.8. The summed E-state index contributed by atoms with van der Waals surface area (Å²) in [6.45, 7) is 3.76. The largest absolute Gasteiger partial charge is 0.480 e. The molecular weight excluding hydrogens is 232 g/mol. The van der Waals surface area contributed by atoms with Crippen LogP contribution in [-0.4, -0.2) is 16.3 Å². The van der Waals surface area contributed by atoms with Gasteiger partial charge in [-0.3, -0.25) is 4.79 Å². The molecule has 1 atom stereocenters. The van der Waals surface area contributed by atoms with Crippen molar-refractivity contribution >= 4 is 28.5 Å². The molecule has 0 aliphatic heterocycles. The van der Waals surface area contributed by atoms with E-state index >= 15 is 0 Å². The Bertz CT molecular complexity index is 563. The van der Waals surface area contributed by atoms with Crippen LogP contribution in [-0.2, 0) is 4.79 Å². The fourth-order valence-corrected chi connectivity index (χ4v) is 2.52. The third kappa shape index (κ3) is 2.80. The molecular formula is C14H14O2S. The Hall–Kier alpha value is -1.48. The standard InChI is InChI=1S/C14H14O2S/c1-9-3-4-12-8-13(6-5-11(12)7-9)17-10(2)14(15)16/h3-8,10H,1-2H3,(H,15,16). The van der Waals surface area contributed by atoms with Crippen molar-refractivity contribution in [3.05, 3.63) is 42.0 Å². The molecule has 0 radical (unpaired) electrons. The van der Waals surface area contributed by atoms with E-state index in [9.17, 15) is 4.79 Å². The molecule has 0 aromatic heterocycles. The Kier molecular flexibility index (Phi) is 3.38. The predicted molar refractivity (Wildman–Crippen MR) is 71.6 cm³/mol. The predicted octanol–water partition coefficient (Wildman–Crippen LogP) is 3.71. The highest BCUT2D eigenvalue weighted by Gasteiger charge is 2.12. The number of benzene rings is 2. The molecule has 2 rings (SSSR count). The summed E-state index contributed by atoms with van der Waals surface area (Å²) in [6.07, 6.45) is 0. The highest BCUT2D eigenvalue weighted by molar-refractivity contribution is 8.00. The first-order valence-electron chi connectivity index (χ1n) is 5.46. The quantitative estimate of drug-likeness (QED) is 0.839. The van der Waals surface area contributed by atoms with E-state index in [0.29, 0.717) is 0 Å². The number of rotatable bonds is 3. The number of thioether (sulfide) groups is 1. The zero-order valence-corrected chi connectivity index (χ0v) is 10.6. The second-order valence-corrected chi connectivity index (χ2v) is 5.52. The molecule has 0 fully saturated rings. The van der Waals surface area contributed by atoms with Crippen LogP contribution in [0.1, 0.15) is 12.5 Å². The minimum Gasteiger partial charge on any atom is -0.480 e. The first kappa shape index (κ1) is 12.0. The lowest BCUT2D eigenvalue weighted by Gasteiger charge is -2.07. The maximum Gasteiger partial charge on any atom is 0.316 e. The van der Waals surface area contributed by atoms with E-state index in [1.54, 1.807) is 6.92 Å². The fourth-order valence-electron chi connectivity index (χ4n) is 1.67. The van der Waals surface area contributed by atoms with Crippen LogP contribution in [0.3, 0.4) is 0 Å². The average Bonchev–Trinajstić information content (AvgIpc) is 2.29. The molecule has 0 saturated carbocycles. The van der Waals surface area contributed by atoms with Crippen LogP contribution in [0.5, 0.6) is 0 Å². The van der Waals surface area contributed by atoms with Crippen LogP contribution in [0.15, 0.2) is 41.3 Å². The van der Waals surface area contributed by atoms with Gasteiger partial charge < -0.3 is 5.11 Å². The lowest BCUT2D eigenvalue weighted by atomic mass is 10.1. The number of carboxylic acids is 1. The highest BCUT2D eigenvalue weighted by atomic mass is 32.2. The minimum absolute atomic E-state index is 0.419. The molecule has 0 spiro atoms. The third-order valence-corrected chi connectivity index (χ3v) is 3.71. The summed E-state index contributed by atoms with van der Waals surface area (Å²) in [5.74, 6) is -0.779. The zero-order chi connectivity index (χ0) is 12.4. The normalized spacial score (nSPS) is 12.6. The Balaban J connectivity index is 2.32. The number of hydrogen-bond donors (Lipinski definition) is 1. The third-order valence-electron chi connectivity index (χ3n) is 2.63. The summed E-state index contributed by atoms with van der Waals surface area (Å²) < 4.78 is 0. The summed E-state index contributed by atoms with van der Waals surface area (Å²) in [5, 5.41) is 10.8. The number of hydrogen-bond acceptors (Lipinski definition) is 2. The van der Waals surface area contributed by atoms with Gasteiger partial charge in [-0.1, -0.05) is 29.8 Å². The van der Waals surface area contributed by atoms with Crippen LogP contribution in [0.2, 0.25) is 0 Å². The molecule has 88 valence electrons. The smallest absolute Gasteiger partial charge is 0.316 e. The summed E-state index contributed by atoms with van der Waals surface area (Å²) in [7, 11) is 0. The Labute approximate surface area is 105 Å². The van der Waals surface area contributed by atoms with Crippen molar-refractivity contribution in [2.24, 2.45) is 0 Å². The number of aryl methyl sites for hydroxylation is 1. The van der Waals surface area contributed by atoms with Gasteiger partial charge in [0.15, 0.2) is 0 Å². The van der Waals surface area contributed by atoms with Gasteiger partial charge in [0.25, 0.3) is 0 Å². The highest BCUT2D eigenvalue weighted by Crippen LogP contribution is 2.27. The van der Waals surface area contributed by atoms with Gasteiger partial charge in [0, 0.05) is 4.90 Å². The van der Waals surface area contributed by atoms with Crippen molar-refractivity contribution < 1.29 is 9.90 Å². The summed E-state index contributed by atoms with van der Waals surface area (Å²) in [5.41, 5.74) is 1.23. The Morgan fingerprint density at radius 3 is 2.53 bits per heavy atom. The topological polar surface area (TPSA) is 37.3 Å². The molecule has 0 saturated heterocycles. The van der Waals surface area contributed by atoms with Crippen molar-refractivity contribution in [3.8, 4) is 0 Å². The molecule has 17 heavy (non-hydrogen) atoms. The van der Waals surface area contributed by atoms with Crippen LogP contribution in [0.4, 0.5) is 0 Å². The molecule has 0 bridgehead atoms. The zero-order valence-electron chi connectivity index (χ0n) is 9.81. The summed E-state index contributed by atoms with van der Waals surface area (Å²) in [4.78, 5) is 11.8. The number of carboxylic acid groups (broad SMARTS) is 1. The van der Waals surface area contributed by atoms with Crippen molar-refractivity contribution in [3.63, 3.8) is 0 Å². The summed E-state index contributed by atoms with van der Waals surface area (Å²) >= 11 is 1.37. The van der Waals surface area contributed by atoms with Gasteiger partial charge in [-0.15, -0.1) is 11.8 Å². The van der Waals surface area contributed by atoms with Gasteiger partial charge >= 0.3 is 5.97 Å². The average molecular weight is 246 g/mol. The van der Waals surface area contributed by atoms with Crippen molar-refractivity contribution in [1.82, 2.24) is 0 Å². The van der Waals surface area contributed by atoms with Crippen LogP contribution in [0.25, 0.3) is 10.8 Å². The van der Waals surface area contributed by atoms with E-state index in [1.807, 2.05) is 18.2 Å². The molecule has 1 unspecified atom stereocenters. The second kappa shape index (κ2) is 4.80. The van der Waals surface area contributed by atoms with Crippen LogP contribution in [0, 0.1) is 6.92 Å². The SMILES string of the molecule is Cc1ccc2cc(SC(C)C(=O)O)ccc2c1. The molecule has 0 aliphatic rings. The van der Waals surface area contributed by atoms with E-state index in [1.165, 1.54) is 22.7 Å². The lowest BCUT2D eigenvalue weighted by Crippen LogP contribution is -2.10. The lowest BCUT2D eigenvalue weighted by molar-refractivity contribution is -0.136. The van der Waals surface area contributed by atoms with Crippen LogP contribution < -0.4 is 0 Å². The van der Waals surface area contributed by atoms with Crippen molar-refractivity contribution in [1.29, 1.82) is 0 Å². The first-order chi connectivity index (χ1) is 8.06. The molecule has 0 heterocycles. The number of aliphatic carboxylic acids is 1. The number of carbonyl (C=O) groups is 1. The molecule has 0 amide bonds. The number of fused-ring (bicyclic) bond motifs is 1. The van der Waals surface area contributed by atoms with Crippen LogP contribution >= 0.6 is 11.8 Å². The van der Waals surface area contributed by atoms with Gasteiger partial charge in [-0.25, -0.2) is 0 Å². The van der Waals surface area contributed by atoms with Gasteiger partial charge in [0.05, 0.1) is 0 Å². The van der Waals surface area contributed by atoms with Gasteiger partial charge in [0.1, 0.15) is 5.25 Å². The van der Waals surface area contributed by atoms with E-state index < -0.39 is 11.2 Å². The molecule has 0 aliphatic carbocycles. The Morgan fingerprint density at radius 2 is 1.82 bits per heavy atom. The Morgan fingerprint density at radius 1 is 1.18 bits per heavy atom.